The second-order valence-corrected chi connectivity index (χ2v) is 4.20. The number of phenolic OH excluding ortho intramolecular Hbond substituents is 1. The smallest absolute Gasteiger partial charge is 0.224 e. The topological polar surface area (TPSA) is 58.6 Å². The number of anilines is 1. The number of carbonyl (C=O) groups is 1. The number of benzene rings is 1. The van der Waals surface area contributed by atoms with Crippen LogP contribution < -0.4 is 5.32 Å². The van der Waals surface area contributed by atoms with Crippen LogP contribution in [0.15, 0.2) is 18.2 Å². The highest BCUT2D eigenvalue weighted by atomic mass is 35.5. The van der Waals surface area contributed by atoms with E-state index in [0.717, 1.165) is 0 Å². The Hall–Kier alpha value is -1.26. The molecule has 1 rings (SSSR count). The van der Waals surface area contributed by atoms with Crippen LogP contribution >= 0.6 is 11.6 Å². The van der Waals surface area contributed by atoms with Gasteiger partial charge in [-0.3, -0.25) is 4.79 Å². The van der Waals surface area contributed by atoms with Gasteiger partial charge in [-0.15, -0.1) is 0 Å². The zero-order chi connectivity index (χ0) is 12.8. The molecule has 0 fully saturated rings. The van der Waals surface area contributed by atoms with Gasteiger partial charge in [0.2, 0.25) is 5.91 Å². The van der Waals surface area contributed by atoms with Crippen molar-refractivity contribution in [3.05, 3.63) is 23.2 Å². The van der Waals surface area contributed by atoms with E-state index in [2.05, 4.69) is 5.32 Å². The lowest BCUT2D eigenvalue weighted by Crippen LogP contribution is -2.15. The lowest BCUT2D eigenvalue weighted by molar-refractivity contribution is -0.116. The summed E-state index contributed by atoms with van der Waals surface area (Å²) >= 11 is 5.86. The largest absolute Gasteiger partial charge is 0.508 e. The molecule has 0 aliphatic carbocycles. The number of nitrogens with one attached hydrogen (secondary N) is 1. The van der Waals surface area contributed by atoms with E-state index in [1.54, 1.807) is 13.2 Å². The molecule has 0 saturated carbocycles. The van der Waals surface area contributed by atoms with Gasteiger partial charge in [-0.25, -0.2) is 0 Å². The minimum Gasteiger partial charge on any atom is -0.508 e. The molecule has 1 aromatic carbocycles. The first-order chi connectivity index (χ1) is 8.02. The third kappa shape index (κ3) is 4.63. The van der Waals surface area contributed by atoms with Crippen LogP contribution in [0.4, 0.5) is 5.69 Å². The van der Waals surface area contributed by atoms with Gasteiger partial charge in [0.05, 0.1) is 16.8 Å². The van der Waals surface area contributed by atoms with Crippen LogP contribution in [0, 0.1) is 0 Å². The molecule has 2 N–H and O–H groups in total. The Balaban J connectivity index is 2.50. The van der Waals surface area contributed by atoms with Crippen LogP contribution in [0.1, 0.15) is 19.8 Å². The first-order valence-electron chi connectivity index (χ1n) is 5.34. The fourth-order valence-corrected chi connectivity index (χ4v) is 1.49. The Bertz CT molecular complexity index is 395. The van der Waals surface area contributed by atoms with Gasteiger partial charge >= 0.3 is 0 Å². The number of methoxy groups -OCH3 is 1. The predicted octanol–water partition coefficient (Wildman–Crippen LogP) is 2.80. The minimum absolute atomic E-state index is 0.0519. The third-order valence-corrected chi connectivity index (χ3v) is 2.72. The SMILES string of the molecule is COC(C)CCC(=O)Nc1ccc(O)cc1Cl. The Labute approximate surface area is 106 Å². The zero-order valence-electron chi connectivity index (χ0n) is 9.87. The molecule has 0 radical (unpaired) electrons. The molecule has 1 atom stereocenters. The van der Waals surface area contributed by atoms with Gasteiger partial charge in [-0.1, -0.05) is 11.6 Å². The van der Waals surface area contributed by atoms with Crippen LogP contribution in [-0.2, 0) is 9.53 Å². The number of halogens is 1. The molecule has 0 spiro atoms. The lowest BCUT2D eigenvalue weighted by Gasteiger charge is -2.10. The monoisotopic (exact) mass is 257 g/mol. The normalized spacial score (nSPS) is 12.2. The highest BCUT2D eigenvalue weighted by Gasteiger charge is 2.08. The van der Waals surface area contributed by atoms with E-state index in [1.165, 1.54) is 12.1 Å². The van der Waals surface area contributed by atoms with Crippen molar-refractivity contribution in [3.63, 3.8) is 0 Å². The average molecular weight is 258 g/mol. The van der Waals surface area contributed by atoms with E-state index in [-0.39, 0.29) is 17.8 Å². The van der Waals surface area contributed by atoms with E-state index in [4.69, 9.17) is 21.4 Å². The highest BCUT2D eigenvalue weighted by molar-refractivity contribution is 6.33. The molecular formula is C12H16ClNO3. The van der Waals surface area contributed by atoms with Crippen molar-refractivity contribution in [2.75, 3.05) is 12.4 Å². The maximum Gasteiger partial charge on any atom is 0.224 e. The number of aromatic hydroxyl groups is 1. The number of carbonyl (C=O) groups excluding carboxylic acids is 1. The Morgan fingerprint density at radius 3 is 2.88 bits per heavy atom. The molecule has 94 valence electrons. The highest BCUT2D eigenvalue weighted by Crippen LogP contribution is 2.26. The standard InChI is InChI=1S/C12H16ClNO3/c1-8(17-2)3-6-12(16)14-11-5-4-9(15)7-10(11)13/h4-5,7-8,15H,3,6H2,1-2H3,(H,14,16). The third-order valence-electron chi connectivity index (χ3n) is 2.41. The summed E-state index contributed by atoms with van der Waals surface area (Å²) in [6.07, 6.45) is 1.07. The van der Waals surface area contributed by atoms with Crippen LogP contribution in [-0.4, -0.2) is 24.2 Å². The summed E-state index contributed by atoms with van der Waals surface area (Å²) in [5, 5.41) is 12.2. The van der Waals surface area contributed by atoms with E-state index in [1.807, 2.05) is 6.92 Å². The van der Waals surface area contributed by atoms with Gasteiger partial charge in [-0.05, 0) is 25.5 Å². The second kappa shape index (κ2) is 6.47. The van der Waals surface area contributed by atoms with Crippen molar-refractivity contribution < 1.29 is 14.6 Å². The molecule has 0 aliphatic heterocycles. The molecule has 5 heteroatoms. The van der Waals surface area contributed by atoms with Crippen molar-refractivity contribution in [2.24, 2.45) is 0 Å². The van der Waals surface area contributed by atoms with Crippen molar-refractivity contribution in [3.8, 4) is 5.75 Å². The molecule has 0 aromatic heterocycles. The average Bonchev–Trinajstić information content (AvgIpc) is 2.29. The van der Waals surface area contributed by atoms with E-state index in [0.29, 0.717) is 23.6 Å². The van der Waals surface area contributed by atoms with Gasteiger partial charge in [-0.2, -0.15) is 0 Å². The number of phenols is 1. The number of rotatable bonds is 5. The van der Waals surface area contributed by atoms with E-state index in [9.17, 15) is 4.79 Å². The summed E-state index contributed by atoms with van der Waals surface area (Å²) in [7, 11) is 1.61. The molecule has 0 bridgehead atoms. The molecule has 17 heavy (non-hydrogen) atoms. The number of ether oxygens (including phenoxy) is 1. The summed E-state index contributed by atoms with van der Waals surface area (Å²) in [6, 6.07) is 4.42. The predicted molar refractivity (Wildman–Crippen MR) is 67.5 cm³/mol. The molecule has 0 heterocycles. The quantitative estimate of drug-likeness (QED) is 0.798. The number of hydrogen-bond donors (Lipinski definition) is 2. The first-order valence-corrected chi connectivity index (χ1v) is 5.72. The molecule has 0 aliphatic rings. The molecule has 0 saturated heterocycles. The summed E-state index contributed by atoms with van der Waals surface area (Å²) in [4.78, 5) is 11.6. The van der Waals surface area contributed by atoms with Crippen molar-refractivity contribution in [1.29, 1.82) is 0 Å². The fourth-order valence-electron chi connectivity index (χ4n) is 1.27. The van der Waals surface area contributed by atoms with Gasteiger partial charge in [0.1, 0.15) is 5.75 Å². The van der Waals surface area contributed by atoms with Crippen molar-refractivity contribution in [2.45, 2.75) is 25.9 Å². The van der Waals surface area contributed by atoms with Crippen LogP contribution in [0.3, 0.4) is 0 Å². The van der Waals surface area contributed by atoms with Crippen molar-refractivity contribution in [1.82, 2.24) is 0 Å². The van der Waals surface area contributed by atoms with E-state index < -0.39 is 0 Å². The molecular weight excluding hydrogens is 242 g/mol. The Morgan fingerprint density at radius 1 is 1.59 bits per heavy atom. The van der Waals surface area contributed by atoms with E-state index >= 15 is 0 Å². The molecule has 4 nitrogen and oxygen atoms in total. The second-order valence-electron chi connectivity index (χ2n) is 3.80. The summed E-state index contributed by atoms with van der Waals surface area (Å²) in [5.41, 5.74) is 0.500. The Kier molecular flexibility index (Phi) is 5.25. The zero-order valence-corrected chi connectivity index (χ0v) is 10.6. The van der Waals surface area contributed by atoms with Crippen LogP contribution in [0.2, 0.25) is 5.02 Å². The van der Waals surface area contributed by atoms with Crippen molar-refractivity contribution >= 4 is 23.2 Å². The minimum atomic E-state index is -0.124. The Morgan fingerprint density at radius 2 is 2.29 bits per heavy atom. The summed E-state index contributed by atoms with van der Waals surface area (Å²) < 4.78 is 5.05. The number of hydrogen-bond acceptors (Lipinski definition) is 3. The van der Waals surface area contributed by atoms with Gasteiger partial charge in [0, 0.05) is 19.6 Å². The van der Waals surface area contributed by atoms with Gasteiger partial charge in [0.25, 0.3) is 0 Å². The summed E-state index contributed by atoms with van der Waals surface area (Å²) in [5.74, 6) is -0.0532. The first kappa shape index (κ1) is 13.8. The number of amides is 1. The lowest BCUT2D eigenvalue weighted by atomic mass is 10.2. The van der Waals surface area contributed by atoms with Crippen LogP contribution in [0.25, 0.3) is 0 Å². The van der Waals surface area contributed by atoms with Gasteiger partial charge < -0.3 is 15.2 Å². The maximum atomic E-state index is 11.6. The van der Waals surface area contributed by atoms with Gasteiger partial charge in [0.15, 0.2) is 0 Å². The molecule has 1 amide bonds. The summed E-state index contributed by atoms with van der Waals surface area (Å²) in [6.45, 7) is 1.90. The fraction of sp³-hybridized carbons (Fsp3) is 0.417. The molecule has 1 aromatic rings. The van der Waals surface area contributed by atoms with Crippen LogP contribution in [0.5, 0.6) is 5.75 Å². The molecule has 1 unspecified atom stereocenters. The maximum absolute atomic E-state index is 11.6.